The van der Waals surface area contributed by atoms with E-state index in [1.807, 2.05) is 0 Å². The Labute approximate surface area is 76.2 Å². The predicted molar refractivity (Wildman–Crippen MR) is 48.6 cm³/mol. The summed E-state index contributed by atoms with van der Waals surface area (Å²) in [4.78, 5) is 7.26. The van der Waals surface area contributed by atoms with Gasteiger partial charge in [-0.15, -0.1) is 0 Å². The standard InChI is InChI=1S/C9H9N3O/c1-11-8-4-6(10)5-12-9(8)13-7-2-3-7/h4-5,7H,2-3,10H2. The predicted octanol–water partition coefficient (Wildman–Crippen LogP) is 1.76. The molecule has 0 spiro atoms. The molecule has 1 aliphatic rings. The normalized spacial score (nSPS) is 15.0. The fourth-order valence-corrected chi connectivity index (χ4v) is 0.971. The minimum atomic E-state index is 0.261. The molecule has 1 aliphatic carbocycles. The van der Waals surface area contributed by atoms with E-state index in [9.17, 15) is 0 Å². The first kappa shape index (κ1) is 7.87. The summed E-state index contributed by atoms with van der Waals surface area (Å²) >= 11 is 0. The van der Waals surface area contributed by atoms with Crippen LogP contribution in [0.25, 0.3) is 4.85 Å². The van der Waals surface area contributed by atoms with Crippen molar-refractivity contribution in [2.75, 3.05) is 5.73 Å². The molecule has 66 valence electrons. The van der Waals surface area contributed by atoms with Gasteiger partial charge in [0.15, 0.2) is 0 Å². The Balaban J connectivity index is 2.27. The minimum absolute atomic E-state index is 0.261. The van der Waals surface area contributed by atoms with Crippen molar-refractivity contribution in [2.24, 2.45) is 0 Å². The average Bonchev–Trinajstić information content (AvgIpc) is 2.92. The van der Waals surface area contributed by atoms with E-state index in [0.29, 0.717) is 17.3 Å². The van der Waals surface area contributed by atoms with Gasteiger partial charge in [0.1, 0.15) is 0 Å². The monoisotopic (exact) mass is 175 g/mol. The van der Waals surface area contributed by atoms with Crippen molar-refractivity contribution < 1.29 is 4.74 Å². The Morgan fingerprint density at radius 2 is 2.38 bits per heavy atom. The summed E-state index contributed by atoms with van der Waals surface area (Å²) in [6.45, 7) is 6.90. The average molecular weight is 175 g/mol. The smallest absolute Gasteiger partial charge is 0.249 e. The Kier molecular flexibility index (Phi) is 1.78. The molecule has 1 saturated carbocycles. The lowest BCUT2D eigenvalue weighted by Gasteiger charge is -2.04. The molecule has 0 saturated heterocycles. The molecule has 4 nitrogen and oxygen atoms in total. The first-order valence-corrected chi connectivity index (χ1v) is 4.09. The topological polar surface area (TPSA) is 52.5 Å². The highest BCUT2D eigenvalue weighted by Crippen LogP contribution is 2.32. The lowest BCUT2D eigenvalue weighted by Crippen LogP contribution is -1.98. The van der Waals surface area contributed by atoms with Crippen LogP contribution >= 0.6 is 0 Å². The summed E-state index contributed by atoms with van der Waals surface area (Å²) < 4.78 is 5.42. The van der Waals surface area contributed by atoms with Crippen molar-refractivity contribution in [3.63, 3.8) is 0 Å². The molecule has 0 aliphatic heterocycles. The quantitative estimate of drug-likeness (QED) is 0.697. The summed E-state index contributed by atoms with van der Waals surface area (Å²) in [5.74, 6) is 0.409. The van der Waals surface area contributed by atoms with Crippen LogP contribution in [0.4, 0.5) is 11.4 Å². The van der Waals surface area contributed by atoms with Crippen LogP contribution in [0.2, 0.25) is 0 Å². The summed E-state index contributed by atoms with van der Waals surface area (Å²) in [5, 5.41) is 0. The Hall–Kier alpha value is -1.76. The van der Waals surface area contributed by atoms with Gasteiger partial charge in [0.2, 0.25) is 11.6 Å². The van der Waals surface area contributed by atoms with E-state index in [1.54, 1.807) is 6.07 Å². The maximum absolute atomic E-state index is 6.90. The van der Waals surface area contributed by atoms with Gasteiger partial charge in [-0.25, -0.2) is 9.83 Å². The molecule has 4 heteroatoms. The number of anilines is 1. The van der Waals surface area contributed by atoms with Crippen molar-refractivity contribution in [3.05, 3.63) is 23.7 Å². The molecule has 2 N–H and O–H groups in total. The number of pyridine rings is 1. The van der Waals surface area contributed by atoms with Gasteiger partial charge in [0.25, 0.3) is 0 Å². The van der Waals surface area contributed by atoms with E-state index < -0.39 is 0 Å². The number of hydrogen-bond donors (Lipinski definition) is 1. The maximum atomic E-state index is 6.90. The second-order valence-corrected chi connectivity index (χ2v) is 3.02. The van der Waals surface area contributed by atoms with Crippen molar-refractivity contribution in [1.82, 2.24) is 4.98 Å². The molecular weight excluding hydrogens is 166 g/mol. The summed E-state index contributed by atoms with van der Waals surface area (Å²) in [5.41, 5.74) is 6.38. The third-order valence-electron chi connectivity index (χ3n) is 1.78. The number of ether oxygens (including phenoxy) is 1. The van der Waals surface area contributed by atoms with Gasteiger partial charge in [0.05, 0.1) is 18.9 Å². The van der Waals surface area contributed by atoms with Crippen LogP contribution in [-0.4, -0.2) is 11.1 Å². The van der Waals surface area contributed by atoms with E-state index >= 15 is 0 Å². The van der Waals surface area contributed by atoms with Crippen molar-refractivity contribution in [1.29, 1.82) is 0 Å². The number of aromatic nitrogens is 1. The zero-order chi connectivity index (χ0) is 9.26. The van der Waals surface area contributed by atoms with Gasteiger partial charge >= 0.3 is 0 Å². The van der Waals surface area contributed by atoms with Gasteiger partial charge in [0, 0.05) is 5.69 Å². The molecule has 13 heavy (non-hydrogen) atoms. The van der Waals surface area contributed by atoms with Crippen LogP contribution in [0.1, 0.15) is 12.8 Å². The van der Waals surface area contributed by atoms with E-state index in [0.717, 1.165) is 12.8 Å². The highest BCUT2D eigenvalue weighted by molar-refractivity contribution is 5.60. The van der Waals surface area contributed by atoms with E-state index in [4.69, 9.17) is 17.0 Å². The molecular formula is C9H9N3O. The van der Waals surface area contributed by atoms with Crippen LogP contribution < -0.4 is 10.5 Å². The number of hydrogen-bond acceptors (Lipinski definition) is 3. The van der Waals surface area contributed by atoms with Gasteiger partial charge in [-0.1, -0.05) is 0 Å². The molecule has 0 bridgehead atoms. The number of nitrogen functional groups attached to an aromatic ring is 1. The third kappa shape index (κ3) is 1.70. The molecule has 1 fully saturated rings. The van der Waals surface area contributed by atoms with Crippen molar-refractivity contribution in [3.8, 4) is 5.88 Å². The summed E-state index contributed by atoms with van der Waals surface area (Å²) in [6, 6.07) is 1.58. The lowest BCUT2D eigenvalue weighted by atomic mass is 10.4. The van der Waals surface area contributed by atoms with E-state index in [2.05, 4.69) is 9.83 Å². The molecule has 0 amide bonds. The van der Waals surface area contributed by atoms with Crippen LogP contribution in [0.5, 0.6) is 5.88 Å². The Morgan fingerprint density at radius 1 is 1.62 bits per heavy atom. The fourth-order valence-electron chi connectivity index (χ4n) is 0.971. The number of nitrogens with zero attached hydrogens (tertiary/aromatic N) is 2. The van der Waals surface area contributed by atoms with E-state index in [-0.39, 0.29) is 6.10 Å². The highest BCUT2D eigenvalue weighted by Gasteiger charge is 2.25. The molecule has 0 unspecified atom stereocenters. The highest BCUT2D eigenvalue weighted by atomic mass is 16.5. The van der Waals surface area contributed by atoms with Gasteiger partial charge in [-0.3, -0.25) is 0 Å². The molecule has 0 radical (unpaired) electrons. The van der Waals surface area contributed by atoms with Crippen LogP contribution in [0.3, 0.4) is 0 Å². The first-order valence-electron chi connectivity index (χ1n) is 4.09. The van der Waals surface area contributed by atoms with Gasteiger partial charge < -0.3 is 10.5 Å². The Morgan fingerprint density at radius 3 is 3.00 bits per heavy atom. The van der Waals surface area contributed by atoms with Crippen molar-refractivity contribution in [2.45, 2.75) is 18.9 Å². The summed E-state index contributed by atoms with van der Waals surface area (Å²) in [6.07, 6.45) is 3.89. The van der Waals surface area contributed by atoms with Gasteiger partial charge in [-0.05, 0) is 18.9 Å². The third-order valence-corrected chi connectivity index (χ3v) is 1.78. The minimum Gasteiger partial charge on any atom is -0.483 e. The zero-order valence-electron chi connectivity index (χ0n) is 7.03. The first-order chi connectivity index (χ1) is 6.29. The molecule has 0 atom stereocenters. The fraction of sp³-hybridized carbons (Fsp3) is 0.333. The maximum Gasteiger partial charge on any atom is 0.249 e. The number of rotatable bonds is 2. The molecule has 1 aromatic heterocycles. The summed E-state index contributed by atoms with van der Waals surface area (Å²) in [7, 11) is 0. The van der Waals surface area contributed by atoms with E-state index in [1.165, 1.54) is 6.20 Å². The lowest BCUT2D eigenvalue weighted by molar-refractivity contribution is 0.293. The Bertz CT molecular complexity index is 366. The molecule has 0 aromatic carbocycles. The molecule has 2 rings (SSSR count). The second-order valence-electron chi connectivity index (χ2n) is 3.02. The molecule has 1 heterocycles. The van der Waals surface area contributed by atoms with Crippen LogP contribution in [-0.2, 0) is 0 Å². The van der Waals surface area contributed by atoms with Crippen LogP contribution in [0.15, 0.2) is 12.3 Å². The van der Waals surface area contributed by atoms with Crippen molar-refractivity contribution >= 4 is 11.4 Å². The van der Waals surface area contributed by atoms with Crippen LogP contribution in [0, 0.1) is 6.57 Å². The zero-order valence-corrected chi connectivity index (χ0v) is 7.03. The number of nitrogens with two attached hydrogens (primary N) is 1. The largest absolute Gasteiger partial charge is 0.483 e. The molecule has 1 aromatic rings. The van der Waals surface area contributed by atoms with Gasteiger partial charge in [-0.2, -0.15) is 0 Å². The second kappa shape index (κ2) is 2.94. The SMILES string of the molecule is [C-]#[N+]c1cc(N)cnc1OC1CC1.